The molecule has 0 aromatic carbocycles. The van der Waals surface area contributed by atoms with Gasteiger partial charge in [0.1, 0.15) is 0 Å². The second-order valence-corrected chi connectivity index (χ2v) is 11.8. The van der Waals surface area contributed by atoms with Gasteiger partial charge in [-0.25, -0.2) is 4.98 Å². The molecule has 0 bridgehead atoms. The number of nitrogens with one attached hydrogen (secondary N) is 1. The Bertz CT molecular complexity index is 762. The van der Waals surface area contributed by atoms with Crippen molar-refractivity contribution < 1.29 is 14.3 Å². The third-order valence-corrected chi connectivity index (χ3v) is 8.04. The zero-order valence-corrected chi connectivity index (χ0v) is 20.8. The summed E-state index contributed by atoms with van der Waals surface area (Å²) in [5.74, 6) is 0.405. The molecule has 2 rings (SSSR count). The Morgan fingerprint density at radius 2 is 2.07 bits per heavy atom. The summed E-state index contributed by atoms with van der Waals surface area (Å²) in [6.45, 7) is 18.6. The van der Waals surface area contributed by atoms with Crippen LogP contribution in [0.15, 0.2) is 30.3 Å². The zero-order valence-electron chi connectivity index (χ0n) is 19.2. The highest BCUT2D eigenvalue weighted by Gasteiger charge is 2.33. The van der Waals surface area contributed by atoms with Crippen LogP contribution in [0.3, 0.4) is 0 Å². The second kappa shape index (κ2) is 10.8. The molecule has 1 fully saturated rings. The minimum Gasteiger partial charge on any atom is -0.479 e. The maximum Gasteiger partial charge on any atom is 0.242 e. The van der Waals surface area contributed by atoms with Crippen LogP contribution in [-0.4, -0.2) is 40.7 Å². The van der Waals surface area contributed by atoms with Gasteiger partial charge in [-0.15, -0.1) is 23.1 Å². The maximum atomic E-state index is 13.1. The lowest BCUT2D eigenvalue weighted by molar-refractivity contribution is -0.122. The van der Waals surface area contributed by atoms with Gasteiger partial charge < -0.3 is 9.47 Å². The fourth-order valence-electron chi connectivity index (χ4n) is 3.00. The molecule has 0 radical (unpaired) electrons. The molecule has 7 heteroatoms. The molecule has 30 heavy (non-hydrogen) atoms. The molecule has 1 aliphatic rings. The van der Waals surface area contributed by atoms with Crippen LogP contribution >= 0.6 is 23.1 Å². The lowest BCUT2D eigenvalue weighted by atomic mass is 9.84. The van der Waals surface area contributed by atoms with E-state index in [1.165, 1.54) is 0 Å². The summed E-state index contributed by atoms with van der Waals surface area (Å²) in [4.78, 5) is 18.6. The number of carbonyl (C=O) groups is 1. The number of hydrogen-bond acceptors (Lipinski definition) is 6. The highest BCUT2D eigenvalue weighted by atomic mass is 32.2. The smallest absolute Gasteiger partial charge is 0.242 e. The lowest BCUT2D eigenvalue weighted by Gasteiger charge is -2.31. The third-order valence-electron chi connectivity index (χ3n) is 5.22. The van der Waals surface area contributed by atoms with Gasteiger partial charge in [-0.1, -0.05) is 27.4 Å². The molecule has 1 aromatic rings. The Morgan fingerprint density at radius 3 is 2.63 bits per heavy atom. The van der Waals surface area contributed by atoms with E-state index in [-0.39, 0.29) is 11.3 Å². The van der Waals surface area contributed by atoms with Crippen molar-refractivity contribution in [2.45, 2.75) is 76.2 Å². The van der Waals surface area contributed by atoms with E-state index in [1.54, 1.807) is 23.1 Å². The van der Waals surface area contributed by atoms with Crippen molar-refractivity contribution in [2.75, 3.05) is 19.8 Å². The van der Waals surface area contributed by atoms with E-state index in [2.05, 4.69) is 30.7 Å². The van der Waals surface area contributed by atoms with Crippen molar-refractivity contribution >= 4 is 29.0 Å². The number of aryl methyl sites for hydroxylation is 1. The van der Waals surface area contributed by atoms with Crippen LogP contribution in [0.4, 0.5) is 0 Å². The topological polar surface area (TPSA) is 60.5 Å². The molecule has 2 heterocycles. The molecular formula is C23H36N2O3S2. The number of allylic oxidation sites excluding steroid dienone is 2. The van der Waals surface area contributed by atoms with E-state index in [0.29, 0.717) is 17.7 Å². The first-order chi connectivity index (χ1) is 14.1. The molecule has 5 nitrogen and oxygen atoms in total. The maximum absolute atomic E-state index is 13.1. The SMILES string of the molecule is C=C(/C=C(/NC(=O)C(C)(C)SC1CCOCC1)OCCC)C(C)(C)c1cnc(C)s1. The first kappa shape index (κ1) is 25.0. The first-order valence-electron chi connectivity index (χ1n) is 10.6. The molecule has 1 amide bonds. The van der Waals surface area contributed by atoms with Gasteiger partial charge in [0, 0.05) is 41.0 Å². The molecule has 0 spiro atoms. The molecule has 1 saturated heterocycles. The van der Waals surface area contributed by atoms with Gasteiger partial charge in [-0.2, -0.15) is 0 Å². The van der Waals surface area contributed by atoms with E-state index in [0.717, 1.165) is 47.9 Å². The van der Waals surface area contributed by atoms with Gasteiger partial charge >= 0.3 is 0 Å². The van der Waals surface area contributed by atoms with Crippen molar-refractivity contribution in [1.82, 2.24) is 10.3 Å². The van der Waals surface area contributed by atoms with E-state index >= 15 is 0 Å². The number of ether oxygens (including phenoxy) is 2. The Morgan fingerprint density at radius 1 is 1.40 bits per heavy atom. The normalized spacial score (nSPS) is 16.4. The monoisotopic (exact) mass is 452 g/mol. The number of thiazole rings is 1. The van der Waals surface area contributed by atoms with Crippen LogP contribution in [-0.2, 0) is 19.7 Å². The molecule has 0 aliphatic carbocycles. The number of amides is 1. The Hall–Kier alpha value is -1.31. The largest absolute Gasteiger partial charge is 0.479 e. The summed E-state index contributed by atoms with van der Waals surface area (Å²) < 4.78 is 10.8. The molecule has 1 N–H and O–H groups in total. The third kappa shape index (κ3) is 6.86. The van der Waals surface area contributed by atoms with Gasteiger partial charge in [0.25, 0.3) is 0 Å². The number of aromatic nitrogens is 1. The van der Waals surface area contributed by atoms with E-state index < -0.39 is 4.75 Å². The van der Waals surface area contributed by atoms with Gasteiger partial charge in [0.05, 0.1) is 16.4 Å². The molecule has 0 saturated carbocycles. The predicted molar refractivity (Wildman–Crippen MR) is 127 cm³/mol. The van der Waals surface area contributed by atoms with Crippen LogP contribution in [0.2, 0.25) is 0 Å². The highest BCUT2D eigenvalue weighted by molar-refractivity contribution is 8.01. The van der Waals surface area contributed by atoms with Crippen LogP contribution in [0.5, 0.6) is 0 Å². The minimum atomic E-state index is -0.567. The van der Waals surface area contributed by atoms with Crippen LogP contribution in [0.1, 0.15) is 63.8 Å². The summed E-state index contributed by atoms with van der Waals surface area (Å²) in [5, 5.41) is 4.48. The van der Waals surface area contributed by atoms with Gasteiger partial charge in [0.2, 0.25) is 5.91 Å². The molecular weight excluding hydrogens is 416 g/mol. The Balaban J connectivity index is 2.13. The highest BCUT2D eigenvalue weighted by Crippen LogP contribution is 2.36. The van der Waals surface area contributed by atoms with Gasteiger partial charge in [-0.05, 0) is 45.6 Å². The zero-order chi connectivity index (χ0) is 22.4. The summed E-state index contributed by atoms with van der Waals surface area (Å²) in [6, 6.07) is 0. The van der Waals surface area contributed by atoms with Crippen LogP contribution in [0.25, 0.3) is 0 Å². The molecule has 0 unspecified atom stereocenters. The summed E-state index contributed by atoms with van der Waals surface area (Å²) in [7, 11) is 0. The fraction of sp³-hybridized carbons (Fsp3) is 0.652. The number of carbonyl (C=O) groups excluding carboxylic acids is 1. The van der Waals surface area contributed by atoms with E-state index in [4.69, 9.17) is 9.47 Å². The quantitative estimate of drug-likeness (QED) is 0.382. The Labute approximate surface area is 189 Å². The summed E-state index contributed by atoms with van der Waals surface area (Å²) >= 11 is 3.38. The lowest BCUT2D eigenvalue weighted by Crippen LogP contribution is -2.41. The van der Waals surface area contributed by atoms with Crippen molar-refractivity contribution in [2.24, 2.45) is 0 Å². The average Bonchev–Trinajstić information content (AvgIpc) is 3.13. The number of nitrogens with zero attached hydrogens (tertiary/aromatic N) is 1. The van der Waals surface area contributed by atoms with E-state index in [1.807, 2.05) is 40.0 Å². The first-order valence-corrected chi connectivity index (χ1v) is 12.3. The average molecular weight is 453 g/mol. The van der Waals surface area contributed by atoms with Crippen LogP contribution < -0.4 is 5.32 Å². The fourth-order valence-corrected chi connectivity index (χ4v) is 5.33. The summed E-state index contributed by atoms with van der Waals surface area (Å²) in [6.07, 6.45) is 6.58. The van der Waals surface area contributed by atoms with Gasteiger partial charge in [0.15, 0.2) is 5.88 Å². The minimum absolute atomic E-state index is 0.0550. The number of rotatable bonds is 10. The predicted octanol–water partition coefficient (Wildman–Crippen LogP) is 5.36. The molecule has 168 valence electrons. The van der Waals surface area contributed by atoms with Crippen molar-refractivity contribution in [3.63, 3.8) is 0 Å². The summed E-state index contributed by atoms with van der Waals surface area (Å²) in [5.41, 5.74) is 0.566. The van der Waals surface area contributed by atoms with Crippen molar-refractivity contribution in [1.29, 1.82) is 0 Å². The van der Waals surface area contributed by atoms with Crippen LogP contribution in [0, 0.1) is 6.92 Å². The van der Waals surface area contributed by atoms with Gasteiger partial charge in [-0.3, -0.25) is 10.1 Å². The van der Waals surface area contributed by atoms with Crippen molar-refractivity contribution in [3.8, 4) is 0 Å². The number of thioether (sulfide) groups is 1. The molecule has 1 aliphatic heterocycles. The number of hydrogen-bond donors (Lipinski definition) is 1. The van der Waals surface area contributed by atoms with E-state index in [9.17, 15) is 4.79 Å². The Kier molecular flexibility index (Phi) is 9.00. The molecule has 0 atom stereocenters. The standard InChI is InChI=1S/C23H36N2O3S2/c1-8-11-28-20(14-16(2)22(4,5)19-15-24-17(3)29-19)25-21(26)23(6,7)30-18-9-12-27-13-10-18/h14-15,18H,2,8-13H2,1,3-7H3,(H,25,26)/b20-14-. The van der Waals surface area contributed by atoms with Crippen molar-refractivity contribution in [3.05, 3.63) is 40.2 Å². The second-order valence-electron chi connectivity index (χ2n) is 8.64. The molecule has 1 aromatic heterocycles.